The summed E-state index contributed by atoms with van der Waals surface area (Å²) in [5, 5.41) is 9.14. The Morgan fingerprint density at radius 1 is 1.54 bits per heavy atom. The van der Waals surface area contributed by atoms with Crippen molar-refractivity contribution in [2.24, 2.45) is 11.6 Å². The first kappa shape index (κ1) is 12.0. The van der Waals surface area contributed by atoms with Crippen LogP contribution in [0.15, 0.2) is 11.9 Å². The zero-order valence-electron chi connectivity index (χ0n) is 7.02. The van der Waals surface area contributed by atoms with Crippen molar-refractivity contribution in [1.29, 1.82) is 0 Å². The average molecular weight is 199 g/mol. The van der Waals surface area contributed by atoms with Crippen LogP contribution in [0.25, 0.3) is 0 Å². The lowest BCUT2D eigenvalue weighted by Gasteiger charge is -2.29. The van der Waals surface area contributed by atoms with Crippen molar-refractivity contribution < 1.29 is 18.3 Å². The van der Waals surface area contributed by atoms with Crippen molar-refractivity contribution in [2.75, 3.05) is 0 Å². The highest BCUT2D eigenvalue weighted by atomic mass is 19.4. The summed E-state index contributed by atoms with van der Waals surface area (Å²) in [5.74, 6) is 4.74. The van der Waals surface area contributed by atoms with Gasteiger partial charge in [0.2, 0.25) is 5.60 Å². The van der Waals surface area contributed by atoms with E-state index in [9.17, 15) is 13.2 Å². The second kappa shape index (κ2) is 3.84. The van der Waals surface area contributed by atoms with Crippen LogP contribution in [0.2, 0.25) is 0 Å². The quantitative estimate of drug-likeness (QED) is 0.379. The van der Waals surface area contributed by atoms with Crippen LogP contribution in [-0.2, 0) is 0 Å². The second-order valence-corrected chi connectivity index (χ2v) is 2.48. The van der Waals surface area contributed by atoms with Crippen molar-refractivity contribution in [3.05, 3.63) is 11.9 Å². The van der Waals surface area contributed by atoms with E-state index in [1.807, 2.05) is 5.43 Å². The first-order valence-electron chi connectivity index (χ1n) is 3.51. The molecule has 0 spiro atoms. The van der Waals surface area contributed by atoms with Gasteiger partial charge in [0.05, 0.1) is 5.70 Å². The van der Waals surface area contributed by atoms with Gasteiger partial charge in [-0.25, -0.2) is 0 Å². The molecule has 0 aliphatic rings. The van der Waals surface area contributed by atoms with E-state index in [0.717, 1.165) is 0 Å². The molecule has 0 rings (SSSR count). The lowest BCUT2D eigenvalue weighted by molar-refractivity contribution is -0.245. The maximum Gasteiger partial charge on any atom is 0.422 e. The highest BCUT2D eigenvalue weighted by molar-refractivity contribution is 5.15. The molecule has 0 aromatic rings. The molecular formula is C6H12F3N3O. The first-order valence-corrected chi connectivity index (χ1v) is 3.51. The average Bonchev–Trinajstić information content (AvgIpc) is 2.01. The minimum absolute atomic E-state index is 0.569. The van der Waals surface area contributed by atoms with Gasteiger partial charge in [-0.15, -0.1) is 0 Å². The molecule has 0 unspecified atom stereocenters. The van der Waals surface area contributed by atoms with Gasteiger partial charge in [-0.05, 0) is 6.42 Å². The maximum absolute atomic E-state index is 12.2. The number of halogens is 3. The molecule has 0 saturated carbocycles. The molecule has 0 saturated heterocycles. The van der Waals surface area contributed by atoms with Crippen LogP contribution in [0, 0.1) is 0 Å². The van der Waals surface area contributed by atoms with Gasteiger partial charge in [0.1, 0.15) is 0 Å². The minimum Gasteiger partial charge on any atom is -0.398 e. The third-order valence-electron chi connectivity index (χ3n) is 1.70. The van der Waals surface area contributed by atoms with Gasteiger partial charge in [0.25, 0.3) is 0 Å². The van der Waals surface area contributed by atoms with Crippen LogP contribution in [-0.4, -0.2) is 16.9 Å². The summed E-state index contributed by atoms with van der Waals surface area (Å²) in [4.78, 5) is 0. The van der Waals surface area contributed by atoms with Gasteiger partial charge >= 0.3 is 6.18 Å². The van der Waals surface area contributed by atoms with Crippen molar-refractivity contribution in [1.82, 2.24) is 5.43 Å². The van der Waals surface area contributed by atoms with E-state index < -0.39 is 23.9 Å². The Hall–Kier alpha value is -0.950. The molecule has 0 aliphatic heterocycles. The van der Waals surface area contributed by atoms with Crippen molar-refractivity contribution in [2.45, 2.75) is 25.1 Å². The molecule has 0 aliphatic carbocycles. The molecule has 4 nitrogen and oxygen atoms in total. The minimum atomic E-state index is -4.81. The lowest BCUT2D eigenvalue weighted by Crippen LogP contribution is -2.49. The number of rotatable bonds is 3. The lowest BCUT2D eigenvalue weighted by atomic mass is 9.96. The zero-order valence-corrected chi connectivity index (χ0v) is 7.02. The van der Waals surface area contributed by atoms with Crippen LogP contribution in [0.4, 0.5) is 13.2 Å². The number of hydrogen-bond acceptors (Lipinski definition) is 4. The number of alkyl halides is 3. The van der Waals surface area contributed by atoms with E-state index in [4.69, 9.17) is 16.7 Å². The Morgan fingerprint density at radius 2 is 2.00 bits per heavy atom. The molecule has 0 fully saturated rings. The summed E-state index contributed by atoms with van der Waals surface area (Å²) >= 11 is 0. The molecule has 0 aromatic carbocycles. The van der Waals surface area contributed by atoms with Gasteiger partial charge in [-0.1, -0.05) is 6.92 Å². The van der Waals surface area contributed by atoms with E-state index in [0.29, 0.717) is 6.20 Å². The van der Waals surface area contributed by atoms with Gasteiger partial charge in [-0.2, -0.15) is 13.2 Å². The summed E-state index contributed by atoms with van der Waals surface area (Å²) in [6.07, 6.45) is -4.67. The maximum atomic E-state index is 12.2. The highest BCUT2D eigenvalue weighted by Crippen LogP contribution is 2.36. The summed E-state index contributed by atoms with van der Waals surface area (Å²) in [6.45, 7) is 1.17. The SMILES string of the molecule is CC[C@@](O)(/C(N)=C/NN)C(F)(F)F. The van der Waals surface area contributed by atoms with E-state index in [-0.39, 0.29) is 0 Å². The number of aliphatic hydroxyl groups is 1. The number of hydrazine groups is 1. The molecular weight excluding hydrogens is 187 g/mol. The fourth-order valence-corrected chi connectivity index (χ4v) is 0.777. The normalized spacial score (nSPS) is 18.2. The fourth-order valence-electron chi connectivity index (χ4n) is 0.777. The summed E-state index contributed by atoms with van der Waals surface area (Å²) < 4.78 is 36.7. The predicted octanol–water partition coefficient (Wildman–Crippen LogP) is -0.0468. The largest absolute Gasteiger partial charge is 0.422 e. The van der Waals surface area contributed by atoms with Crippen molar-refractivity contribution in [3.8, 4) is 0 Å². The van der Waals surface area contributed by atoms with Crippen LogP contribution in [0.3, 0.4) is 0 Å². The summed E-state index contributed by atoms with van der Waals surface area (Å²) in [6, 6.07) is 0. The zero-order chi connectivity index (χ0) is 10.7. The van der Waals surface area contributed by atoms with E-state index >= 15 is 0 Å². The van der Waals surface area contributed by atoms with E-state index in [1.165, 1.54) is 6.92 Å². The monoisotopic (exact) mass is 199 g/mol. The molecule has 13 heavy (non-hydrogen) atoms. The number of hydrogen-bond donors (Lipinski definition) is 4. The van der Waals surface area contributed by atoms with E-state index in [2.05, 4.69) is 0 Å². The fraction of sp³-hybridized carbons (Fsp3) is 0.667. The second-order valence-electron chi connectivity index (χ2n) is 2.48. The molecule has 78 valence electrons. The standard InChI is InChI=1S/C6H12F3N3O/c1-2-5(13,6(7,8)9)4(10)3-12-11/h3,12-13H,2,10-11H2,1H3/b4-3-/t5-/m1/s1. The van der Waals surface area contributed by atoms with Crippen molar-refractivity contribution in [3.63, 3.8) is 0 Å². The molecule has 0 radical (unpaired) electrons. The van der Waals surface area contributed by atoms with Gasteiger partial charge in [0.15, 0.2) is 0 Å². The Labute approximate surface area is 73.4 Å². The Morgan fingerprint density at radius 3 is 2.23 bits per heavy atom. The third-order valence-corrected chi connectivity index (χ3v) is 1.70. The molecule has 7 heteroatoms. The third kappa shape index (κ3) is 2.25. The molecule has 6 N–H and O–H groups in total. The van der Waals surface area contributed by atoms with Crippen LogP contribution >= 0.6 is 0 Å². The van der Waals surface area contributed by atoms with Gasteiger partial charge in [-0.3, -0.25) is 5.84 Å². The van der Waals surface area contributed by atoms with Gasteiger partial charge < -0.3 is 16.3 Å². The van der Waals surface area contributed by atoms with E-state index in [1.54, 1.807) is 0 Å². The number of nitrogens with two attached hydrogens (primary N) is 2. The van der Waals surface area contributed by atoms with Crippen LogP contribution in [0.1, 0.15) is 13.3 Å². The predicted molar refractivity (Wildman–Crippen MR) is 40.9 cm³/mol. The smallest absolute Gasteiger partial charge is 0.398 e. The topological polar surface area (TPSA) is 84.3 Å². The Balaban J connectivity index is 4.95. The number of nitrogens with one attached hydrogen (secondary N) is 1. The van der Waals surface area contributed by atoms with Crippen molar-refractivity contribution >= 4 is 0 Å². The highest BCUT2D eigenvalue weighted by Gasteiger charge is 2.54. The Kier molecular flexibility index (Phi) is 3.56. The molecule has 0 bridgehead atoms. The molecule has 0 aromatic heterocycles. The Bertz CT molecular complexity index is 204. The molecule has 0 amide bonds. The summed E-state index contributed by atoms with van der Waals surface area (Å²) in [5.41, 5.74) is 3.07. The van der Waals surface area contributed by atoms with Gasteiger partial charge in [0, 0.05) is 6.20 Å². The molecule has 1 atom stereocenters. The van der Waals surface area contributed by atoms with Crippen LogP contribution in [0.5, 0.6) is 0 Å². The first-order chi connectivity index (χ1) is 5.79. The van der Waals surface area contributed by atoms with Crippen LogP contribution < -0.4 is 17.0 Å². The molecule has 0 heterocycles. The summed E-state index contributed by atoms with van der Waals surface area (Å²) in [7, 11) is 0.